The molecule has 3 rings (SSSR count). The van der Waals surface area contributed by atoms with E-state index in [0.717, 1.165) is 0 Å². The van der Waals surface area contributed by atoms with Gasteiger partial charge in [-0.3, -0.25) is 9.59 Å². The highest BCUT2D eigenvalue weighted by Crippen LogP contribution is 2.30. The molecular weight excluding hydrogens is 462 g/mol. The van der Waals surface area contributed by atoms with Crippen LogP contribution >= 0.6 is 0 Å². The van der Waals surface area contributed by atoms with Crippen molar-refractivity contribution in [1.82, 2.24) is 9.80 Å². The van der Waals surface area contributed by atoms with E-state index in [9.17, 15) is 18.4 Å². The fraction of sp³-hybridized carbons (Fsp3) is 0.440. The van der Waals surface area contributed by atoms with Crippen LogP contribution in [0.1, 0.15) is 28.8 Å². The minimum absolute atomic E-state index is 0.0627. The Kier molecular flexibility index (Phi) is 8.73. The molecule has 1 heterocycles. The minimum Gasteiger partial charge on any atom is -0.497 e. The maximum Gasteiger partial charge on any atom is 0.387 e. The number of rotatable bonds is 9. The predicted molar refractivity (Wildman–Crippen MR) is 124 cm³/mol. The minimum atomic E-state index is -2.98. The van der Waals surface area contributed by atoms with Gasteiger partial charge in [0.15, 0.2) is 11.5 Å². The van der Waals surface area contributed by atoms with E-state index in [1.807, 2.05) is 0 Å². The SMILES string of the molecule is COc1cc(OC)cc(C(=O)N2CCC(C(=O)N(C)Cc3ccc(OC)c(OC(F)F)c3)CC2)c1. The molecule has 0 atom stereocenters. The Hall–Kier alpha value is -3.56. The van der Waals surface area contributed by atoms with Gasteiger partial charge in [0.1, 0.15) is 11.5 Å². The van der Waals surface area contributed by atoms with Crippen LogP contribution in [0.2, 0.25) is 0 Å². The van der Waals surface area contributed by atoms with Crippen molar-refractivity contribution in [3.05, 3.63) is 47.5 Å². The average molecular weight is 493 g/mol. The van der Waals surface area contributed by atoms with Crippen LogP contribution in [0.3, 0.4) is 0 Å². The molecule has 1 fully saturated rings. The van der Waals surface area contributed by atoms with Crippen molar-refractivity contribution in [2.24, 2.45) is 5.92 Å². The summed E-state index contributed by atoms with van der Waals surface area (Å²) in [6.45, 7) is -1.87. The topological polar surface area (TPSA) is 77.5 Å². The number of ether oxygens (including phenoxy) is 4. The van der Waals surface area contributed by atoms with Gasteiger partial charge >= 0.3 is 6.61 Å². The van der Waals surface area contributed by atoms with Gasteiger partial charge in [-0.25, -0.2) is 0 Å². The van der Waals surface area contributed by atoms with Crippen molar-refractivity contribution in [3.63, 3.8) is 0 Å². The molecule has 0 bridgehead atoms. The quantitative estimate of drug-likeness (QED) is 0.530. The van der Waals surface area contributed by atoms with Crippen LogP contribution in [0.25, 0.3) is 0 Å². The molecule has 1 aliphatic heterocycles. The molecule has 0 unspecified atom stereocenters. The third-order valence-corrected chi connectivity index (χ3v) is 5.97. The van der Waals surface area contributed by atoms with Crippen LogP contribution in [0.4, 0.5) is 8.78 Å². The number of carbonyl (C=O) groups is 2. The molecule has 0 radical (unpaired) electrons. The van der Waals surface area contributed by atoms with Gasteiger partial charge in [0.2, 0.25) is 5.91 Å². The molecule has 8 nitrogen and oxygen atoms in total. The smallest absolute Gasteiger partial charge is 0.387 e. The first-order valence-electron chi connectivity index (χ1n) is 11.1. The van der Waals surface area contributed by atoms with E-state index in [1.165, 1.54) is 33.5 Å². The highest BCUT2D eigenvalue weighted by Gasteiger charge is 2.30. The molecule has 0 aromatic heterocycles. The number of nitrogens with zero attached hydrogens (tertiary/aromatic N) is 2. The maximum atomic E-state index is 13.0. The van der Waals surface area contributed by atoms with Gasteiger partial charge in [0.05, 0.1) is 21.3 Å². The molecule has 10 heteroatoms. The molecule has 0 saturated carbocycles. The summed E-state index contributed by atoms with van der Waals surface area (Å²) < 4.78 is 45.4. The Morgan fingerprint density at radius 2 is 1.60 bits per heavy atom. The summed E-state index contributed by atoms with van der Waals surface area (Å²) in [6, 6.07) is 9.70. The second-order valence-corrected chi connectivity index (χ2v) is 8.23. The molecule has 35 heavy (non-hydrogen) atoms. The number of likely N-dealkylation sites (tertiary alicyclic amines) is 1. The van der Waals surface area contributed by atoms with Gasteiger partial charge in [0.25, 0.3) is 5.91 Å². The van der Waals surface area contributed by atoms with Crippen molar-refractivity contribution in [3.8, 4) is 23.0 Å². The second-order valence-electron chi connectivity index (χ2n) is 8.23. The number of methoxy groups -OCH3 is 3. The third-order valence-electron chi connectivity index (χ3n) is 5.97. The number of hydrogen-bond acceptors (Lipinski definition) is 6. The lowest BCUT2D eigenvalue weighted by Gasteiger charge is -2.33. The summed E-state index contributed by atoms with van der Waals surface area (Å²) in [4.78, 5) is 29.3. The lowest BCUT2D eigenvalue weighted by atomic mass is 9.94. The number of alkyl halides is 2. The van der Waals surface area contributed by atoms with Crippen molar-refractivity contribution in [2.45, 2.75) is 26.0 Å². The van der Waals surface area contributed by atoms with E-state index in [2.05, 4.69) is 4.74 Å². The summed E-state index contributed by atoms with van der Waals surface area (Å²) in [5, 5.41) is 0. The molecule has 0 aliphatic carbocycles. The first-order valence-corrected chi connectivity index (χ1v) is 11.1. The molecule has 0 N–H and O–H groups in total. The Morgan fingerprint density at radius 3 is 2.14 bits per heavy atom. The summed E-state index contributed by atoms with van der Waals surface area (Å²) in [7, 11) is 6.08. The maximum absolute atomic E-state index is 13.0. The van der Waals surface area contributed by atoms with Crippen LogP contribution in [-0.2, 0) is 11.3 Å². The molecule has 1 aliphatic rings. The lowest BCUT2D eigenvalue weighted by molar-refractivity contribution is -0.136. The zero-order valence-electron chi connectivity index (χ0n) is 20.3. The first kappa shape index (κ1) is 26.1. The number of piperidine rings is 1. The van der Waals surface area contributed by atoms with E-state index in [-0.39, 0.29) is 35.8 Å². The fourth-order valence-electron chi connectivity index (χ4n) is 4.11. The standard InChI is InChI=1S/C25H30F2N2O6/c1-28(15-16-5-6-21(34-4)22(11-16)35-25(26)27)23(30)17-7-9-29(10-8-17)24(31)18-12-19(32-2)14-20(13-18)33-3/h5-6,11-14,17,25H,7-10,15H2,1-4H3. The summed E-state index contributed by atoms with van der Waals surface area (Å²) in [5.41, 5.74) is 1.10. The van der Waals surface area contributed by atoms with Gasteiger partial charge in [-0.2, -0.15) is 8.78 Å². The lowest BCUT2D eigenvalue weighted by Crippen LogP contribution is -2.43. The van der Waals surface area contributed by atoms with Gasteiger partial charge in [-0.05, 0) is 42.7 Å². The molecule has 2 amide bonds. The highest BCUT2D eigenvalue weighted by atomic mass is 19.3. The Balaban J connectivity index is 1.59. The van der Waals surface area contributed by atoms with Crippen molar-refractivity contribution >= 4 is 11.8 Å². The van der Waals surface area contributed by atoms with Gasteiger partial charge < -0.3 is 28.7 Å². The molecule has 0 spiro atoms. The predicted octanol–water partition coefficient (Wildman–Crippen LogP) is 3.82. The summed E-state index contributed by atoms with van der Waals surface area (Å²) in [6.07, 6.45) is 1.05. The summed E-state index contributed by atoms with van der Waals surface area (Å²) >= 11 is 0. The number of benzene rings is 2. The van der Waals surface area contributed by atoms with Gasteiger partial charge in [0, 0.05) is 44.2 Å². The van der Waals surface area contributed by atoms with E-state index in [4.69, 9.17) is 14.2 Å². The fourth-order valence-corrected chi connectivity index (χ4v) is 4.11. The molecule has 2 aromatic rings. The highest BCUT2D eigenvalue weighted by molar-refractivity contribution is 5.95. The molecular formula is C25H30F2N2O6. The third kappa shape index (κ3) is 6.52. The van der Waals surface area contributed by atoms with E-state index in [0.29, 0.717) is 48.6 Å². The Labute approximate surface area is 203 Å². The summed E-state index contributed by atoms with van der Waals surface area (Å²) in [5.74, 6) is 0.716. The number of amides is 2. The molecule has 2 aromatic carbocycles. The number of carbonyl (C=O) groups excluding carboxylic acids is 2. The normalized spacial score (nSPS) is 14.0. The zero-order chi connectivity index (χ0) is 25.5. The van der Waals surface area contributed by atoms with Gasteiger partial charge in [-0.15, -0.1) is 0 Å². The monoisotopic (exact) mass is 492 g/mol. The zero-order valence-corrected chi connectivity index (χ0v) is 20.3. The van der Waals surface area contributed by atoms with Crippen molar-refractivity contribution < 1.29 is 37.3 Å². The first-order chi connectivity index (χ1) is 16.7. The van der Waals surface area contributed by atoms with E-state index in [1.54, 1.807) is 41.1 Å². The second kappa shape index (κ2) is 11.7. The average Bonchev–Trinajstić information content (AvgIpc) is 2.87. The van der Waals surface area contributed by atoms with Crippen molar-refractivity contribution in [1.29, 1.82) is 0 Å². The largest absolute Gasteiger partial charge is 0.497 e. The van der Waals surface area contributed by atoms with Crippen LogP contribution < -0.4 is 18.9 Å². The van der Waals surface area contributed by atoms with E-state index >= 15 is 0 Å². The molecule has 1 saturated heterocycles. The van der Waals surface area contributed by atoms with Crippen molar-refractivity contribution in [2.75, 3.05) is 41.5 Å². The Morgan fingerprint density at radius 1 is 0.971 bits per heavy atom. The number of hydrogen-bond donors (Lipinski definition) is 0. The number of halogens is 2. The van der Waals surface area contributed by atoms with Crippen LogP contribution in [0.5, 0.6) is 23.0 Å². The van der Waals surface area contributed by atoms with Crippen LogP contribution in [-0.4, -0.2) is 69.7 Å². The Bertz CT molecular complexity index is 1020. The van der Waals surface area contributed by atoms with Crippen LogP contribution in [0.15, 0.2) is 36.4 Å². The van der Waals surface area contributed by atoms with E-state index < -0.39 is 6.61 Å². The molecule has 190 valence electrons. The van der Waals surface area contributed by atoms with Gasteiger partial charge in [-0.1, -0.05) is 6.07 Å². The van der Waals surface area contributed by atoms with Crippen LogP contribution in [0, 0.1) is 5.92 Å².